The van der Waals surface area contributed by atoms with Crippen LogP contribution in [0.3, 0.4) is 0 Å². The fourth-order valence-corrected chi connectivity index (χ4v) is 5.39. The van der Waals surface area contributed by atoms with Crippen LogP contribution in [0.5, 0.6) is 0 Å². The average Bonchev–Trinajstić information content (AvgIpc) is 3.24. The van der Waals surface area contributed by atoms with Crippen molar-refractivity contribution < 1.29 is 8.97 Å². The van der Waals surface area contributed by atoms with Gasteiger partial charge < -0.3 is 8.97 Å². The molecule has 8 nitrogen and oxygen atoms in total. The van der Waals surface area contributed by atoms with Gasteiger partial charge in [-0.25, -0.2) is 0 Å². The van der Waals surface area contributed by atoms with Crippen LogP contribution >= 0.6 is 0 Å². The van der Waals surface area contributed by atoms with Crippen molar-refractivity contribution in [2.45, 2.75) is 54.6 Å². The van der Waals surface area contributed by atoms with Gasteiger partial charge in [-0.1, -0.05) is 0 Å². The zero-order valence-corrected chi connectivity index (χ0v) is 21.6. The van der Waals surface area contributed by atoms with Crippen molar-refractivity contribution in [3.05, 3.63) is 53.5 Å². The molecule has 0 bridgehead atoms. The van der Waals surface area contributed by atoms with Gasteiger partial charge in [0.25, 0.3) is 22.2 Å². The molecule has 0 aliphatic carbocycles. The molecule has 8 heteroatoms. The molecule has 0 saturated heterocycles. The molecule has 0 aliphatic heterocycles. The molecule has 2 heterocycles. The van der Waals surface area contributed by atoms with E-state index in [1.807, 2.05) is 0 Å². The minimum atomic E-state index is -0.374. The Morgan fingerprint density at radius 3 is 0.941 bits per heavy atom. The summed E-state index contributed by atoms with van der Waals surface area (Å²) >= 11 is 0. The van der Waals surface area contributed by atoms with Gasteiger partial charge in [0.05, 0.1) is 87.0 Å². The molecular formula is C26H40N4O4+2. The molecule has 0 atom stereocenters. The zero-order valence-electron chi connectivity index (χ0n) is 21.6. The normalized spacial score (nSPS) is 12.9. The van der Waals surface area contributed by atoms with Gasteiger partial charge in [0.2, 0.25) is 0 Å². The molecule has 0 spiro atoms. The quantitative estimate of drug-likeness (QED) is 0.376. The van der Waals surface area contributed by atoms with E-state index < -0.39 is 0 Å². The highest BCUT2D eigenvalue weighted by Crippen LogP contribution is 2.15. The summed E-state index contributed by atoms with van der Waals surface area (Å²) in [6, 6.07) is 2.93. The van der Waals surface area contributed by atoms with Crippen molar-refractivity contribution in [3.63, 3.8) is 0 Å². The monoisotopic (exact) mass is 472 g/mol. The van der Waals surface area contributed by atoms with E-state index in [1.54, 1.807) is 0 Å². The van der Waals surface area contributed by atoms with E-state index in [2.05, 4.69) is 41.5 Å². The molecule has 3 aromatic rings. The second-order valence-electron chi connectivity index (χ2n) is 9.50. The Kier molecular flexibility index (Phi) is 7.62. The number of likely N-dealkylation sites (N-methyl/N-ethyl adjacent to an activating group) is 2. The summed E-state index contributed by atoms with van der Waals surface area (Å²) in [4.78, 5) is 52.5. The summed E-state index contributed by atoms with van der Waals surface area (Å²) in [5.74, 6) is 0. The Hall–Kier alpha value is -2.58. The van der Waals surface area contributed by atoms with Crippen LogP contribution in [0.4, 0.5) is 0 Å². The molecule has 0 N–H and O–H groups in total. The van der Waals surface area contributed by atoms with Crippen molar-refractivity contribution in [2.75, 3.05) is 52.4 Å². The molecule has 2 aromatic heterocycles. The molecule has 0 aliphatic rings. The SMILES string of the molecule is CC[N+](CC)(CC)CCn1c(=O)c2cc3c(=O)n(CC[N+](CC)(CC)CC)c(=O)c3cc2c1=O. The second-order valence-corrected chi connectivity index (χ2v) is 9.50. The van der Waals surface area contributed by atoms with E-state index >= 15 is 0 Å². The minimum absolute atomic E-state index is 0.232. The number of aromatic nitrogens is 2. The van der Waals surface area contributed by atoms with E-state index in [-0.39, 0.29) is 43.8 Å². The molecule has 1 aromatic carbocycles. The van der Waals surface area contributed by atoms with Gasteiger partial charge >= 0.3 is 0 Å². The number of hydrogen-bond acceptors (Lipinski definition) is 4. The standard InChI is InChI=1S/C26H40N4O4/c1-7-29(8-2,9-3)15-13-27-23(31)19-17-21-22(18-20(19)24(27)32)26(34)28(25(21)33)14-16-30(10-4,11-5)12-6/h17-18H,7-16H2,1-6H3/q+2. The Labute approximate surface area is 200 Å². The Balaban J connectivity index is 2.06. The lowest BCUT2D eigenvalue weighted by molar-refractivity contribution is -0.923. The molecule has 186 valence electrons. The third kappa shape index (κ3) is 4.18. The van der Waals surface area contributed by atoms with Crippen LogP contribution in [0.15, 0.2) is 31.3 Å². The van der Waals surface area contributed by atoms with E-state index in [9.17, 15) is 19.2 Å². The van der Waals surface area contributed by atoms with Crippen LogP contribution in [0.2, 0.25) is 0 Å². The second kappa shape index (κ2) is 9.96. The number of nitrogens with zero attached hydrogens (tertiary/aromatic N) is 4. The van der Waals surface area contributed by atoms with E-state index in [0.29, 0.717) is 26.2 Å². The lowest BCUT2D eigenvalue weighted by Crippen LogP contribution is -2.50. The van der Waals surface area contributed by atoms with Gasteiger partial charge in [0.1, 0.15) is 0 Å². The topological polar surface area (TPSA) is 78.1 Å². The highest BCUT2D eigenvalue weighted by atomic mass is 16.2. The maximum absolute atomic E-state index is 13.1. The molecule has 0 unspecified atom stereocenters. The Morgan fingerprint density at radius 2 is 0.735 bits per heavy atom. The summed E-state index contributed by atoms with van der Waals surface area (Å²) in [5.41, 5.74) is -1.49. The number of benzene rings is 1. The maximum Gasteiger partial charge on any atom is 0.261 e. The third-order valence-electron chi connectivity index (χ3n) is 8.68. The molecule has 0 saturated carbocycles. The zero-order chi connectivity index (χ0) is 25.3. The molecule has 0 fully saturated rings. The van der Waals surface area contributed by atoms with Crippen LogP contribution in [0.1, 0.15) is 41.5 Å². The van der Waals surface area contributed by atoms with Crippen molar-refractivity contribution in [1.29, 1.82) is 0 Å². The van der Waals surface area contributed by atoms with E-state index in [1.165, 1.54) is 21.3 Å². The van der Waals surface area contributed by atoms with Gasteiger partial charge in [-0.15, -0.1) is 0 Å². The van der Waals surface area contributed by atoms with Crippen molar-refractivity contribution in [1.82, 2.24) is 9.13 Å². The molecule has 0 radical (unpaired) electrons. The van der Waals surface area contributed by atoms with Gasteiger partial charge in [0, 0.05) is 0 Å². The van der Waals surface area contributed by atoms with Crippen LogP contribution in [0, 0.1) is 0 Å². The predicted octanol–water partition coefficient (Wildman–Crippen LogP) is 1.67. The summed E-state index contributed by atoms with van der Waals surface area (Å²) in [6.07, 6.45) is 0. The number of fused-ring (bicyclic) bond motifs is 2. The largest absolute Gasteiger partial charge is 0.323 e. The average molecular weight is 473 g/mol. The van der Waals surface area contributed by atoms with Crippen molar-refractivity contribution >= 4 is 21.5 Å². The number of rotatable bonds is 12. The first-order valence-corrected chi connectivity index (χ1v) is 12.8. The smallest absolute Gasteiger partial charge is 0.261 e. The minimum Gasteiger partial charge on any atom is -0.323 e. The first-order valence-electron chi connectivity index (χ1n) is 12.8. The van der Waals surface area contributed by atoms with E-state index in [0.717, 1.165) is 48.2 Å². The lowest BCUT2D eigenvalue weighted by Gasteiger charge is -2.35. The first kappa shape index (κ1) is 26.0. The fraction of sp³-hybridized carbons (Fsp3) is 0.615. The van der Waals surface area contributed by atoms with Gasteiger partial charge in [-0.2, -0.15) is 0 Å². The molecule has 0 amide bonds. The Morgan fingerprint density at radius 1 is 0.500 bits per heavy atom. The number of quaternary nitrogens is 2. The fourth-order valence-electron chi connectivity index (χ4n) is 5.39. The van der Waals surface area contributed by atoms with Crippen LogP contribution < -0.4 is 22.2 Å². The highest BCUT2D eigenvalue weighted by molar-refractivity contribution is 5.97. The van der Waals surface area contributed by atoms with Crippen LogP contribution in [0.25, 0.3) is 21.5 Å². The van der Waals surface area contributed by atoms with Crippen molar-refractivity contribution in [2.24, 2.45) is 0 Å². The van der Waals surface area contributed by atoms with Crippen LogP contribution in [-0.4, -0.2) is 70.5 Å². The van der Waals surface area contributed by atoms with E-state index in [4.69, 9.17) is 0 Å². The summed E-state index contributed by atoms with van der Waals surface area (Å²) < 4.78 is 4.19. The third-order valence-corrected chi connectivity index (χ3v) is 8.68. The van der Waals surface area contributed by atoms with Gasteiger partial charge in [0.15, 0.2) is 0 Å². The first-order chi connectivity index (χ1) is 16.2. The molecular weight excluding hydrogens is 432 g/mol. The number of hydrogen-bond donors (Lipinski definition) is 0. The summed E-state index contributed by atoms with van der Waals surface area (Å²) in [5, 5.41) is 0.926. The highest BCUT2D eigenvalue weighted by Gasteiger charge is 2.25. The summed E-state index contributed by atoms with van der Waals surface area (Å²) in [7, 11) is 0. The lowest BCUT2D eigenvalue weighted by atomic mass is 10.1. The molecule has 34 heavy (non-hydrogen) atoms. The summed E-state index contributed by atoms with van der Waals surface area (Å²) in [6.45, 7) is 20.3. The Bertz CT molecular complexity index is 1170. The van der Waals surface area contributed by atoms with Gasteiger partial charge in [-0.05, 0) is 53.7 Å². The van der Waals surface area contributed by atoms with Gasteiger partial charge in [-0.3, -0.25) is 28.3 Å². The predicted molar refractivity (Wildman–Crippen MR) is 138 cm³/mol. The van der Waals surface area contributed by atoms with Crippen molar-refractivity contribution in [3.8, 4) is 0 Å². The molecule has 3 rings (SSSR count). The maximum atomic E-state index is 13.1. The van der Waals surface area contributed by atoms with Crippen LogP contribution in [-0.2, 0) is 13.1 Å².